The number of ether oxygens (including phenoxy) is 2. The molecule has 1 aliphatic rings. The minimum absolute atomic E-state index is 0.111. The van der Waals surface area contributed by atoms with Crippen molar-refractivity contribution in [3.8, 4) is 0 Å². The van der Waals surface area contributed by atoms with Crippen molar-refractivity contribution in [1.82, 2.24) is 5.32 Å². The van der Waals surface area contributed by atoms with Crippen LogP contribution in [0.25, 0.3) is 0 Å². The number of carbonyl (C=O) groups excluding carboxylic acids is 1. The van der Waals surface area contributed by atoms with Crippen molar-refractivity contribution in [1.29, 1.82) is 0 Å². The molecule has 4 nitrogen and oxygen atoms in total. The number of rotatable bonds is 6. The van der Waals surface area contributed by atoms with Gasteiger partial charge < -0.3 is 14.8 Å². The van der Waals surface area contributed by atoms with Gasteiger partial charge in [-0.05, 0) is 32.6 Å². The van der Waals surface area contributed by atoms with Crippen LogP contribution >= 0.6 is 0 Å². The maximum absolute atomic E-state index is 11.1. The molecule has 0 saturated heterocycles. The SMILES string of the molecule is CCOC(=O)CCNC1CCC(OC)CC1. The smallest absolute Gasteiger partial charge is 0.307 e. The molecule has 0 heterocycles. The highest BCUT2D eigenvalue weighted by Gasteiger charge is 2.20. The van der Waals surface area contributed by atoms with Crippen molar-refractivity contribution < 1.29 is 14.3 Å². The Morgan fingerprint density at radius 1 is 1.31 bits per heavy atom. The third-order valence-electron chi connectivity index (χ3n) is 3.08. The standard InChI is InChI=1S/C12H23NO3/c1-3-16-12(14)8-9-13-10-4-6-11(15-2)7-5-10/h10-11,13H,3-9H2,1-2H3. The molecule has 1 saturated carbocycles. The van der Waals surface area contributed by atoms with E-state index in [0.29, 0.717) is 25.2 Å². The molecule has 0 aliphatic heterocycles. The molecule has 0 aromatic heterocycles. The Morgan fingerprint density at radius 2 is 2.00 bits per heavy atom. The van der Waals surface area contributed by atoms with Crippen molar-refractivity contribution in [3.63, 3.8) is 0 Å². The molecule has 0 unspecified atom stereocenters. The molecular formula is C12H23NO3. The Kier molecular flexibility index (Phi) is 6.42. The van der Waals surface area contributed by atoms with Crippen molar-refractivity contribution >= 4 is 5.97 Å². The monoisotopic (exact) mass is 229 g/mol. The number of hydrogen-bond donors (Lipinski definition) is 1. The molecule has 0 atom stereocenters. The zero-order valence-electron chi connectivity index (χ0n) is 10.3. The zero-order valence-corrected chi connectivity index (χ0v) is 10.3. The average molecular weight is 229 g/mol. The fourth-order valence-corrected chi connectivity index (χ4v) is 2.11. The lowest BCUT2D eigenvalue weighted by molar-refractivity contribution is -0.143. The van der Waals surface area contributed by atoms with Gasteiger partial charge in [-0.3, -0.25) is 4.79 Å². The van der Waals surface area contributed by atoms with Crippen LogP contribution in [0.15, 0.2) is 0 Å². The van der Waals surface area contributed by atoms with Gasteiger partial charge in [0.05, 0.1) is 19.1 Å². The van der Waals surface area contributed by atoms with Gasteiger partial charge in [0.15, 0.2) is 0 Å². The Morgan fingerprint density at radius 3 is 2.56 bits per heavy atom. The molecule has 0 aromatic rings. The van der Waals surface area contributed by atoms with E-state index >= 15 is 0 Å². The van der Waals surface area contributed by atoms with Crippen LogP contribution in [0, 0.1) is 0 Å². The third kappa shape index (κ3) is 4.94. The van der Waals surface area contributed by atoms with Gasteiger partial charge in [0.25, 0.3) is 0 Å². The van der Waals surface area contributed by atoms with Crippen LogP contribution in [-0.4, -0.2) is 38.4 Å². The van der Waals surface area contributed by atoms with Gasteiger partial charge in [0, 0.05) is 19.7 Å². The predicted octanol–water partition coefficient (Wildman–Crippen LogP) is 1.49. The minimum Gasteiger partial charge on any atom is -0.466 e. The number of nitrogens with one attached hydrogen (secondary N) is 1. The molecule has 0 amide bonds. The van der Waals surface area contributed by atoms with E-state index in [1.165, 1.54) is 0 Å². The van der Waals surface area contributed by atoms with Crippen LogP contribution in [0.2, 0.25) is 0 Å². The van der Waals surface area contributed by atoms with Gasteiger partial charge in [0.2, 0.25) is 0 Å². The van der Waals surface area contributed by atoms with Crippen molar-refractivity contribution in [2.75, 3.05) is 20.3 Å². The first-order valence-corrected chi connectivity index (χ1v) is 6.18. The summed E-state index contributed by atoms with van der Waals surface area (Å²) in [5.41, 5.74) is 0. The summed E-state index contributed by atoms with van der Waals surface area (Å²) in [6.45, 7) is 3.02. The van der Waals surface area contributed by atoms with Crippen LogP contribution in [0.4, 0.5) is 0 Å². The van der Waals surface area contributed by atoms with Crippen LogP contribution in [0.1, 0.15) is 39.0 Å². The van der Waals surface area contributed by atoms with Crippen molar-refractivity contribution in [2.45, 2.75) is 51.2 Å². The number of methoxy groups -OCH3 is 1. The molecule has 16 heavy (non-hydrogen) atoms. The number of esters is 1. The van der Waals surface area contributed by atoms with Gasteiger partial charge in [-0.2, -0.15) is 0 Å². The van der Waals surface area contributed by atoms with Crippen LogP contribution in [-0.2, 0) is 14.3 Å². The highest BCUT2D eigenvalue weighted by atomic mass is 16.5. The summed E-state index contributed by atoms with van der Waals surface area (Å²) in [4.78, 5) is 11.1. The second-order valence-corrected chi connectivity index (χ2v) is 4.22. The second kappa shape index (κ2) is 7.63. The molecule has 0 bridgehead atoms. The number of hydrogen-bond acceptors (Lipinski definition) is 4. The zero-order chi connectivity index (χ0) is 11.8. The van der Waals surface area contributed by atoms with Gasteiger partial charge in [0.1, 0.15) is 0 Å². The van der Waals surface area contributed by atoms with Gasteiger partial charge in [-0.1, -0.05) is 0 Å². The number of carbonyl (C=O) groups is 1. The summed E-state index contributed by atoms with van der Waals surface area (Å²) in [6, 6.07) is 0.542. The Balaban J connectivity index is 2.04. The molecule has 0 aromatic carbocycles. The molecule has 0 spiro atoms. The molecule has 1 N–H and O–H groups in total. The molecule has 1 rings (SSSR count). The average Bonchev–Trinajstić information content (AvgIpc) is 2.30. The van der Waals surface area contributed by atoms with Crippen LogP contribution < -0.4 is 5.32 Å². The Bertz CT molecular complexity index is 200. The summed E-state index contributed by atoms with van der Waals surface area (Å²) in [5, 5.41) is 3.40. The molecular weight excluding hydrogens is 206 g/mol. The lowest BCUT2D eigenvalue weighted by Gasteiger charge is -2.28. The Labute approximate surface area is 97.7 Å². The maximum Gasteiger partial charge on any atom is 0.307 e. The lowest BCUT2D eigenvalue weighted by atomic mass is 9.93. The molecule has 1 aliphatic carbocycles. The van der Waals surface area contributed by atoms with E-state index in [1.807, 2.05) is 6.92 Å². The van der Waals surface area contributed by atoms with Gasteiger partial charge in [-0.25, -0.2) is 0 Å². The van der Waals surface area contributed by atoms with E-state index in [-0.39, 0.29) is 5.97 Å². The fraction of sp³-hybridized carbons (Fsp3) is 0.917. The lowest BCUT2D eigenvalue weighted by Crippen LogP contribution is -2.36. The molecule has 4 heteroatoms. The van der Waals surface area contributed by atoms with Gasteiger partial charge >= 0.3 is 5.97 Å². The summed E-state index contributed by atoms with van der Waals surface area (Å²) < 4.78 is 10.2. The van der Waals surface area contributed by atoms with Crippen LogP contribution in [0.3, 0.4) is 0 Å². The largest absolute Gasteiger partial charge is 0.466 e. The fourth-order valence-electron chi connectivity index (χ4n) is 2.11. The summed E-state index contributed by atoms with van der Waals surface area (Å²) >= 11 is 0. The summed E-state index contributed by atoms with van der Waals surface area (Å²) in [6.07, 6.45) is 5.42. The van der Waals surface area contributed by atoms with Crippen molar-refractivity contribution in [2.24, 2.45) is 0 Å². The normalized spacial score (nSPS) is 25.4. The van der Waals surface area contributed by atoms with E-state index in [0.717, 1.165) is 32.2 Å². The van der Waals surface area contributed by atoms with E-state index in [4.69, 9.17) is 9.47 Å². The summed E-state index contributed by atoms with van der Waals surface area (Å²) in [5.74, 6) is -0.111. The van der Waals surface area contributed by atoms with Crippen molar-refractivity contribution in [3.05, 3.63) is 0 Å². The molecule has 1 fully saturated rings. The quantitative estimate of drug-likeness (QED) is 0.701. The molecule has 94 valence electrons. The van der Waals surface area contributed by atoms with E-state index in [1.54, 1.807) is 7.11 Å². The highest BCUT2D eigenvalue weighted by molar-refractivity contribution is 5.69. The third-order valence-corrected chi connectivity index (χ3v) is 3.08. The predicted molar refractivity (Wildman–Crippen MR) is 62.3 cm³/mol. The highest BCUT2D eigenvalue weighted by Crippen LogP contribution is 2.20. The van der Waals surface area contributed by atoms with E-state index in [2.05, 4.69) is 5.32 Å². The van der Waals surface area contributed by atoms with E-state index in [9.17, 15) is 4.79 Å². The van der Waals surface area contributed by atoms with Crippen LogP contribution in [0.5, 0.6) is 0 Å². The maximum atomic E-state index is 11.1. The Hall–Kier alpha value is -0.610. The molecule has 0 radical (unpaired) electrons. The topological polar surface area (TPSA) is 47.6 Å². The first kappa shape index (κ1) is 13.5. The van der Waals surface area contributed by atoms with Gasteiger partial charge in [-0.15, -0.1) is 0 Å². The first-order valence-electron chi connectivity index (χ1n) is 6.18. The second-order valence-electron chi connectivity index (χ2n) is 4.22. The van der Waals surface area contributed by atoms with E-state index < -0.39 is 0 Å². The first-order chi connectivity index (χ1) is 7.76. The minimum atomic E-state index is -0.111. The summed E-state index contributed by atoms with van der Waals surface area (Å²) in [7, 11) is 1.78.